The van der Waals surface area contributed by atoms with E-state index in [1.165, 1.54) is 12.1 Å². The number of fused-ring (bicyclic) bond motifs is 1. The van der Waals surface area contributed by atoms with Crippen LogP contribution in [0.1, 0.15) is 22.5 Å². The zero-order chi connectivity index (χ0) is 22.2. The molecule has 2 aromatic heterocycles. The van der Waals surface area contributed by atoms with Gasteiger partial charge in [-0.25, -0.2) is 4.39 Å². The van der Waals surface area contributed by atoms with Crippen molar-refractivity contribution >= 4 is 17.0 Å². The molecule has 6 heteroatoms. The minimum absolute atomic E-state index is 0.00374. The summed E-state index contributed by atoms with van der Waals surface area (Å²) in [5.74, 6) is 0.365. The van der Waals surface area contributed by atoms with Crippen molar-refractivity contribution < 1.29 is 13.6 Å². The number of halogens is 1. The minimum Gasteiger partial charge on any atom is -0.454 e. The Bertz CT molecular complexity index is 1240. The number of amides is 1. The largest absolute Gasteiger partial charge is 0.454 e. The highest BCUT2D eigenvalue weighted by molar-refractivity contribution is 5.98. The van der Waals surface area contributed by atoms with E-state index in [1.54, 1.807) is 12.1 Å². The molecule has 5 nitrogen and oxygen atoms in total. The molecule has 0 radical (unpaired) electrons. The van der Waals surface area contributed by atoms with Gasteiger partial charge in [0.15, 0.2) is 5.58 Å². The molecule has 32 heavy (non-hydrogen) atoms. The van der Waals surface area contributed by atoms with Gasteiger partial charge in [0.05, 0.1) is 5.52 Å². The van der Waals surface area contributed by atoms with Crippen LogP contribution in [-0.2, 0) is 6.54 Å². The van der Waals surface area contributed by atoms with Gasteiger partial charge < -0.3 is 18.8 Å². The molecule has 4 aromatic rings. The maximum absolute atomic E-state index is 13.5. The van der Waals surface area contributed by atoms with Crippen molar-refractivity contribution in [3.63, 3.8) is 0 Å². The number of hydrogen-bond donors (Lipinski definition) is 0. The second-order valence-electron chi connectivity index (χ2n) is 8.59. The summed E-state index contributed by atoms with van der Waals surface area (Å²) in [6.07, 6.45) is 0.975. The molecule has 1 atom stereocenters. The zero-order valence-electron chi connectivity index (χ0n) is 18.3. The van der Waals surface area contributed by atoms with Crippen LogP contribution in [0.25, 0.3) is 22.4 Å². The summed E-state index contributed by atoms with van der Waals surface area (Å²) < 4.78 is 21.5. The fraction of sp³-hybridized carbons (Fsp3) is 0.269. The lowest BCUT2D eigenvalue weighted by Crippen LogP contribution is -2.39. The predicted octanol–water partition coefficient (Wildman–Crippen LogP) is 4.86. The maximum Gasteiger partial charge on any atom is 0.270 e. The fourth-order valence-corrected chi connectivity index (χ4v) is 4.49. The second-order valence-corrected chi connectivity index (χ2v) is 8.59. The zero-order valence-corrected chi connectivity index (χ0v) is 18.3. The third-order valence-corrected chi connectivity index (χ3v) is 6.36. The van der Waals surface area contributed by atoms with Gasteiger partial charge >= 0.3 is 0 Å². The van der Waals surface area contributed by atoms with Crippen LogP contribution in [0.5, 0.6) is 0 Å². The summed E-state index contributed by atoms with van der Waals surface area (Å²) in [5.41, 5.74) is 4.03. The van der Waals surface area contributed by atoms with Crippen molar-refractivity contribution in [1.82, 2.24) is 14.4 Å². The summed E-state index contributed by atoms with van der Waals surface area (Å²) in [6, 6.07) is 20.3. The van der Waals surface area contributed by atoms with E-state index in [9.17, 15) is 9.18 Å². The van der Waals surface area contributed by atoms with Gasteiger partial charge in [0, 0.05) is 43.9 Å². The van der Waals surface area contributed by atoms with Crippen LogP contribution < -0.4 is 0 Å². The third-order valence-electron chi connectivity index (χ3n) is 6.36. The van der Waals surface area contributed by atoms with E-state index in [0.717, 1.165) is 36.2 Å². The number of hydrogen-bond acceptors (Lipinski definition) is 3. The molecule has 0 saturated carbocycles. The first kappa shape index (κ1) is 20.5. The van der Waals surface area contributed by atoms with E-state index < -0.39 is 0 Å². The number of nitrogens with zero attached hydrogens (tertiary/aromatic N) is 3. The number of benzene rings is 2. The molecule has 0 unspecified atom stereocenters. The standard InChI is InChI=1S/C26H26FN3O2/c1-28-13-12-21(17-28)29(2)26(31)23-15-25-22(30(23)16-18-6-4-3-5-7-18)14-24(32-25)19-8-10-20(27)11-9-19/h3-11,14-15,21H,12-13,16-17H2,1-2H3/t21-/m1/s1. The molecule has 0 spiro atoms. The summed E-state index contributed by atoms with van der Waals surface area (Å²) >= 11 is 0. The molecular weight excluding hydrogens is 405 g/mol. The van der Waals surface area contributed by atoms with Gasteiger partial charge in [-0.15, -0.1) is 0 Å². The molecule has 164 valence electrons. The molecular formula is C26H26FN3O2. The quantitative estimate of drug-likeness (QED) is 0.453. The van der Waals surface area contributed by atoms with Crippen molar-refractivity contribution in [3.05, 3.63) is 83.8 Å². The van der Waals surface area contributed by atoms with Crippen molar-refractivity contribution in [3.8, 4) is 11.3 Å². The first-order chi connectivity index (χ1) is 15.5. The molecule has 0 bridgehead atoms. The summed E-state index contributed by atoms with van der Waals surface area (Å²) in [4.78, 5) is 17.6. The molecule has 1 aliphatic heterocycles. The molecule has 3 heterocycles. The van der Waals surface area contributed by atoms with Crippen molar-refractivity contribution in [2.45, 2.75) is 19.0 Å². The van der Waals surface area contributed by atoms with Gasteiger partial charge in [-0.05, 0) is 49.8 Å². The minimum atomic E-state index is -0.285. The monoisotopic (exact) mass is 431 g/mol. The van der Waals surface area contributed by atoms with Crippen molar-refractivity contribution in [2.75, 3.05) is 27.2 Å². The van der Waals surface area contributed by atoms with Gasteiger partial charge in [0.25, 0.3) is 5.91 Å². The molecule has 1 saturated heterocycles. The smallest absolute Gasteiger partial charge is 0.270 e. The van der Waals surface area contributed by atoms with E-state index in [4.69, 9.17) is 4.42 Å². The molecule has 1 fully saturated rings. The topological polar surface area (TPSA) is 41.6 Å². The van der Waals surface area contributed by atoms with Crippen LogP contribution in [0.4, 0.5) is 4.39 Å². The predicted molar refractivity (Wildman–Crippen MR) is 123 cm³/mol. The normalized spacial score (nSPS) is 16.7. The lowest BCUT2D eigenvalue weighted by Gasteiger charge is -2.25. The highest BCUT2D eigenvalue weighted by atomic mass is 19.1. The molecule has 0 N–H and O–H groups in total. The number of carbonyl (C=O) groups excluding carboxylic acids is 1. The number of likely N-dealkylation sites (N-methyl/N-ethyl adjacent to an activating group) is 2. The molecule has 1 aliphatic rings. The second kappa shape index (κ2) is 8.28. The van der Waals surface area contributed by atoms with Crippen LogP contribution in [-0.4, -0.2) is 53.5 Å². The first-order valence-electron chi connectivity index (χ1n) is 10.9. The number of carbonyl (C=O) groups is 1. The van der Waals surface area contributed by atoms with Gasteiger partial charge in [-0.3, -0.25) is 4.79 Å². The average Bonchev–Trinajstić information content (AvgIpc) is 3.50. The van der Waals surface area contributed by atoms with Crippen LogP contribution >= 0.6 is 0 Å². The number of aromatic nitrogens is 1. The van der Waals surface area contributed by atoms with Crippen LogP contribution in [0.3, 0.4) is 0 Å². The molecule has 5 rings (SSSR count). The van der Waals surface area contributed by atoms with Crippen LogP contribution in [0.15, 0.2) is 71.1 Å². The van der Waals surface area contributed by atoms with Gasteiger partial charge in [0.2, 0.25) is 0 Å². The van der Waals surface area contributed by atoms with Gasteiger partial charge in [0.1, 0.15) is 17.3 Å². The van der Waals surface area contributed by atoms with E-state index in [1.807, 2.05) is 46.8 Å². The Morgan fingerprint density at radius 3 is 2.56 bits per heavy atom. The van der Waals surface area contributed by atoms with E-state index in [0.29, 0.717) is 23.6 Å². The Morgan fingerprint density at radius 1 is 1.12 bits per heavy atom. The van der Waals surface area contributed by atoms with E-state index in [2.05, 4.69) is 24.1 Å². The summed E-state index contributed by atoms with van der Waals surface area (Å²) in [7, 11) is 3.97. The Balaban J connectivity index is 1.55. The summed E-state index contributed by atoms with van der Waals surface area (Å²) in [5, 5.41) is 0. The molecule has 1 amide bonds. The van der Waals surface area contributed by atoms with Crippen molar-refractivity contribution in [2.24, 2.45) is 0 Å². The van der Waals surface area contributed by atoms with Gasteiger partial charge in [-0.1, -0.05) is 30.3 Å². The summed E-state index contributed by atoms with van der Waals surface area (Å²) in [6.45, 7) is 2.44. The Hall–Kier alpha value is -3.38. The SMILES string of the molecule is CN1CC[C@@H](N(C)C(=O)c2cc3oc(-c4ccc(F)cc4)cc3n2Cc2ccccc2)C1. The Labute approximate surface area is 186 Å². The molecule has 0 aliphatic carbocycles. The highest BCUT2D eigenvalue weighted by Gasteiger charge is 2.29. The molecule has 2 aromatic carbocycles. The highest BCUT2D eigenvalue weighted by Crippen LogP contribution is 2.32. The Morgan fingerprint density at radius 2 is 1.88 bits per heavy atom. The van der Waals surface area contributed by atoms with E-state index >= 15 is 0 Å². The number of likely N-dealkylation sites (tertiary alicyclic amines) is 1. The van der Waals surface area contributed by atoms with E-state index in [-0.39, 0.29) is 17.8 Å². The van der Waals surface area contributed by atoms with Crippen molar-refractivity contribution in [1.29, 1.82) is 0 Å². The van der Waals surface area contributed by atoms with Crippen LogP contribution in [0, 0.1) is 5.82 Å². The number of furan rings is 1. The van der Waals surface area contributed by atoms with Crippen LogP contribution in [0.2, 0.25) is 0 Å². The lowest BCUT2D eigenvalue weighted by atomic mass is 10.2. The average molecular weight is 432 g/mol. The Kier molecular flexibility index (Phi) is 5.31. The first-order valence-corrected chi connectivity index (χ1v) is 10.9. The number of rotatable bonds is 5. The fourth-order valence-electron chi connectivity index (χ4n) is 4.49. The third kappa shape index (κ3) is 3.82. The lowest BCUT2D eigenvalue weighted by molar-refractivity contribution is 0.0727. The maximum atomic E-state index is 13.5. The van der Waals surface area contributed by atoms with Gasteiger partial charge in [-0.2, -0.15) is 0 Å².